The molecular formula is C11H8N4O3. The van der Waals surface area contributed by atoms with Crippen LogP contribution < -0.4 is 10.5 Å². The third kappa shape index (κ3) is 1.61. The normalized spacial score (nSPS) is 10.9. The summed E-state index contributed by atoms with van der Waals surface area (Å²) in [5, 5.41) is 14.6. The molecule has 0 fully saturated rings. The standard InChI is InChI=1S/C11H8N4O3/c16-11-9-10(13-18-15(9)17)12-7-14(11)6-8-4-2-1-3-5-8/h1-5,7H,6H2. The van der Waals surface area contributed by atoms with Crippen molar-refractivity contribution in [2.24, 2.45) is 0 Å². The predicted molar refractivity (Wildman–Crippen MR) is 60.6 cm³/mol. The molecule has 3 rings (SSSR count). The smallest absolute Gasteiger partial charge is 0.347 e. The maximum absolute atomic E-state index is 12.0. The molecule has 0 amide bonds. The summed E-state index contributed by atoms with van der Waals surface area (Å²) in [6.45, 7) is 0.341. The van der Waals surface area contributed by atoms with Crippen LogP contribution in [-0.2, 0) is 6.54 Å². The summed E-state index contributed by atoms with van der Waals surface area (Å²) >= 11 is 0. The van der Waals surface area contributed by atoms with Crippen molar-refractivity contribution in [2.45, 2.75) is 6.54 Å². The summed E-state index contributed by atoms with van der Waals surface area (Å²) in [4.78, 5) is 16.0. The molecule has 0 spiro atoms. The highest BCUT2D eigenvalue weighted by Crippen LogP contribution is 2.02. The van der Waals surface area contributed by atoms with Gasteiger partial charge in [0.05, 0.1) is 11.7 Å². The number of hydrogen-bond acceptors (Lipinski definition) is 5. The Kier molecular flexibility index (Phi) is 2.30. The van der Waals surface area contributed by atoms with E-state index in [0.717, 1.165) is 5.56 Å². The van der Waals surface area contributed by atoms with Crippen LogP contribution in [0.15, 0.2) is 46.1 Å². The Labute approximate surface area is 100 Å². The van der Waals surface area contributed by atoms with Gasteiger partial charge in [-0.05, 0) is 10.5 Å². The molecule has 0 saturated carbocycles. The monoisotopic (exact) mass is 244 g/mol. The third-order valence-corrected chi connectivity index (χ3v) is 2.57. The van der Waals surface area contributed by atoms with Crippen LogP contribution in [0, 0.1) is 5.21 Å². The highest BCUT2D eigenvalue weighted by atomic mass is 16.8. The summed E-state index contributed by atoms with van der Waals surface area (Å²) in [6.07, 6.45) is 1.35. The largest absolute Gasteiger partial charge is 0.359 e. The third-order valence-electron chi connectivity index (χ3n) is 2.57. The van der Waals surface area contributed by atoms with Gasteiger partial charge in [0.1, 0.15) is 6.33 Å². The molecule has 0 saturated heterocycles. The van der Waals surface area contributed by atoms with Crippen LogP contribution in [0.3, 0.4) is 0 Å². The van der Waals surface area contributed by atoms with Gasteiger partial charge in [0.25, 0.3) is 0 Å². The lowest BCUT2D eigenvalue weighted by Crippen LogP contribution is -2.33. The van der Waals surface area contributed by atoms with Gasteiger partial charge in [-0.25, -0.2) is 0 Å². The maximum Gasteiger partial charge on any atom is 0.347 e. The molecule has 2 aromatic heterocycles. The van der Waals surface area contributed by atoms with Crippen LogP contribution in [0.5, 0.6) is 0 Å². The van der Waals surface area contributed by atoms with Crippen molar-refractivity contribution >= 4 is 11.2 Å². The van der Waals surface area contributed by atoms with E-state index in [1.165, 1.54) is 10.9 Å². The Hall–Kier alpha value is -2.70. The molecule has 0 bridgehead atoms. The lowest BCUT2D eigenvalue weighted by Gasteiger charge is -2.03. The minimum Gasteiger partial charge on any atom is -0.359 e. The minimum atomic E-state index is -0.472. The first-order valence-corrected chi connectivity index (χ1v) is 5.24. The van der Waals surface area contributed by atoms with Crippen molar-refractivity contribution in [3.8, 4) is 0 Å². The summed E-state index contributed by atoms with van der Waals surface area (Å²) in [5.41, 5.74) is 0.294. The van der Waals surface area contributed by atoms with Crippen molar-refractivity contribution in [2.75, 3.05) is 0 Å². The molecule has 1 aromatic carbocycles. The van der Waals surface area contributed by atoms with Gasteiger partial charge in [-0.3, -0.25) is 14.0 Å². The van der Waals surface area contributed by atoms with E-state index in [1.807, 2.05) is 30.3 Å². The van der Waals surface area contributed by atoms with Gasteiger partial charge in [-0.15, -0.1) is 0 Å². The zero-order chi connectivity index (χ0) is 12.5. The molecule has 0 radical (unpaired) electrons. The molecule has 0 atom stereocenters. The first-order chi connectivity index (χ1) is 8.75. The minimum absolute atomic E-state index is 0.0133. The van der Waals surface area contributed by atoms with E-state index in [9.17, 15) is 10.0 Å². The summed E-state index contributed by atoms with van der Waals surface area (Å²) < 4.78 is 5.67. The highest BCUT2D eigenvalue weighted by Gasteiger charge is 2.17. The van der Waals surface area contributed by atoms with Crippen molar-refractivity contribution in [3.63, 3.8) is 0 Å². The lowest BCUT2D eigenvalue weighted by atomic mass is 10.2. The summed E-state index contributed by atoms with van der Waals surface area (Å²) in [6, 6.07) is 9.41. The second-order valence-corrected chi connectivity index (χ2v) is 3.77. The number of aromatic nitrogens is 4. The van der Waals surface area contributed by atoms with E-state index in [0.29, 0.717) is 6.54 Å². The molecule has 2 heterocycles. The maximum atomic E-state index is 12.0. The zero-order valence-corrected chi connectivity index (χ0v) is 9.18. The number of fused-ring (bicyclic) bond motifs is 1. The van der Waals surface area contributed by atoms with Crippen LogP contribution in [0.2, 0.25) is 0 Å². The molecule has 0 aliphatic rings. The van der Waals surface area contributed by atoms with Crippen LogP contribution in [0.4, 0.5) is 0 Å². The first-order valence-electron chi connectivity index (χ1n) is 5.24. The van der Waals surface area contributed by atoms with Crippen LogP contribution in [0.1, 0.15) is 5.56 Å². The van der Waals surface area contributed by atoms with Gasteiger partial charge in [0.15, 0.2) is 0 Å². The fourth-order valence-electron chi connectivity index (χ4n) is 1.71. The number of hydrogen-bond donors (Lipinski definition) is 0. The number of benzene rings is 1. The van der Waals surface area contributed by atoms with Gasteiger partial charge in [-0.1, -0.05) is 30.3 Å². The Balaban J connectivity index is 2.11. The van der Waals surface area contributed by atoms with E-state index >= 15 is 0 Å². The zero-order valence-electron chi connectivity index (χ0n) is 9.18. The van der Waals surface area contributed by atoms with Crippen molar-refractivity contribution in [1.29, 1.82) is 0 Å². The fourth-order valence-corrected chi connectivity index (χ4v) is 1.71. The van der Waals surface area contributed by atoms with Gasteiger partial charge in [-0.2, -0.15) is 4.98 Å². The molecule has 0 N–H and O–H groups in total. The van der Waals surface area contributed by atoms with Crippen LogP contribution in [-0.4, -0.2) is 14.7 Å². The molecule has 7 heteroatoms. The van der Waals surface area contributed by atoms with E-state index in [-0.39, 0.29) is 16.1 Å². The first kappa shape index (κ1) is 10.5. The van der Waals surface area contributed by atoms with Crippen molar-refractivity contribution in [3.05, 3.63) is 57.8 Å². The molecule has 0 unspecified atom stereocenters. The molecule has 3 aromatic rings. The second-order valence-electron chi connectivity index (χ2n) is 3.77. The highest BCUT2D eigenvalue weighted by molar-refractivity contribution is 5.62. The number of rotatable bonds is 2. The molecule has 18 heavy (non-hydrogen) atoms. The molecule has 7 nitrogen and oxygen atoms in total. The molecule has 0 aliphatic carbocycles. The SMILES string of the molecule is O=c1c2c(ncn1Cc1ccccc1)no[n+]2[O-]. The molecule has 0 aliphatic heterocycles. The Morgan fingerprint density at radius 1 is 1.33 bits per heavy atom. The van der Waals surface area contributed by atoms with E-state index in [2.05, 4.69) is 14.8 Å². The average Bonchev–Trinajstić information content (AvgIpc) is 2.77. The van der Waals surface area contributed by atoms with E-state index < -0.39 is 5.56 Å². The quantitative estimate of drug-likeness (QED) is 0.595. The fraction of sp³-hybridized carbons (Fsp3) is 0.0909. The van der Waals surface area contributed by atoms with Crippen molar-refractivity contribution < 1.29 is 9.53 Å². The molecular weight excluding hydrogens is 236 g/mol. The summed E-state index contributed by atoms with van der Waals surface area (Å²) in [7, 11) is 0. The average molecular weight is 244 g/mol. The van der Waals surface area contributed by atoms with E-state index in [4.69, 9.17) is 0 Å². The van der Waals surface area contributed by atoms with Crippen LogP contribution in [0.25, 0.3) is 11.2 Å². The molecule has 90 valence electrons. The topological polar surface area (TPSA) is 87.9 Å². The van der Waals surface area contributed by atoms with Gasteiger partial charge < -0.3 is 5.21 Å². The Morgan fingerprint density at radius 3 is 2.89 bits per heavy atom. The Bertz CT molecular complexity index is 748. The Morgan fingerprint density at radius 2 is 2.11 bits per heavy atom. The van der Waals surface area contributed by atoms with Gasteiger partial charge >= 0.3 is 16.7 Å². The number of nitrogens with zero attached hydrogens (tertiary/aromatic N) is 4. The van der Waals surface area contributed by atoms with Crippen molar-refractivity contribution in [1.82, 2.24) is 14.7 Å². The lowest BCUT2D eigenvalue weighted by molar-refractivity contribution is -0.782. The van der Waals surface area contributed by atoms with Gasteiger partial charge in [0.2, 0.25) is 0 Å². The van der Waals surface area contributed by atoms with Gasteiger partial charge in [0, 0.05) is 0 Å². The summed E-state index contributed by atoms with van der Waals surface area (Å²) in [5.74, 6) is 0. The van der Waals surface area contributed by atoms with E-state index in [1.54, 1.807) is 0 Å². The predicted octanol–water partition coefficient (Wildman–Crippen LogP) is 0.0662. The van der Waals surface area contributed by atoms with Crippen LogP contribution >= 0.6 is 0 Å². The second kappa shape index (κ2) is 3.95.